The first-order valence-electron chi connectivity index (χ1n) is 6.50. The molecule has 1 aromatic rings. The van der Waals surface area contributed by atoms with Crippen LogP contribution in [0.15, 0.2) is 4.47 Å². The summed E-state index contributed by atoms with van der Waals surface area (Å²) in [6.07, 6.45) is 0.904. The van der Waals surface area contributed by atoms with Gasteiger partial charge in [-0.3, -0.25) is 14.4 Å². The van der Waals surface area contributed by atoms with Crippen LogP contribution in [0.5, 0.6) is 0 Å². The van der Waals surface area contributed by atoms with Crippen LogP contribution in [0.2, 0.25) is 0 Å². The van der Waals surface area contributed by atoms with E-state index in [9.17, 15) is 4.79 Å². The van der Waals surface area contributed by atoms with Crippen LogP contribution in [-0.4, -0.2) is 40.7 Å². The van der Waals surface area contributed by atoms with E-state index in [4.69, 9.17) is 0 Å². The molecule has 1 aliphatic rings. The molecule has 1 aromatic heterocycles. The van der Waals surface area contributed by atoms with E-state index in [0.29, 0.717) is 0 Å². The van der Waals surface area contributed by atoms with Crippen molar-refractivity contribution in [2.24, 2.45) is 12.5 Å². The van der Waals surface area contributed by atoms with Crippen molar-refractivity contribution in [1.29, 1.82) is 0 Å². The van der Waals surface area contributed by atoms with Gasteiger partial charge in [-0.2, -0.15) is 5.10 Å². The number of nitrogens with one attached hydrogen (secondary N) is 1. The predicted octanol–water partition coefficient (Wildman–Crippen LogP) is 1.45. The summed E-state index contributed by atoms with van der Waals surface area (Å²) in [5.74, 6) is 0.134. The highest BCUT2D eigenvalue weighted by Gasteiger charge is 2.39. The van der Waals surface area contributed by atoms with E-state index in [-0.39, 0.29) is 11.3 Å². The number of hydrogen-bond donors (Lipinski definition) is 1. The summed E-state index contributed by atoms with van der Waals surface area (Å²) in [5.41, 5.74) is 1.90. The van der Waals surface area contributed by atoms with Crippen molar-refractivity contribution in [3.8, 4) is 0 Å². The zero-order valence-electron chi connectivity index (χ0n) is 12.0. The van der Waals surface area contributed by atoms with Crippen LogP contribution in [-0.2, 0) is 18.4 Å². The molecule has 1 N–H and O–H groups in total. The maximum atomic E-state index is 11.9. The molecule has 1 unspecified atom stereocenters. The highest BCUT2D eigenvalue weighted by Crippen LogP contribution is 2.32. The van der Waals surface area contributed by atoms with Gasteiger partial charge in [-0.1, -0.05) is 0 Å². The topological polar surface area (TPSA) is 50.2 Å². The van der Waals surface area contributed by atoms with E-state index in [0.717, 1.165) is 36.2 Å². The molecule has 0 bridgehead atoms. The maximum absolute atomic E-state index is 11.9. The molecule has 5 nitrogen and oxygen atoms in total. The zero-order chi connectivity index (χ0) is 14.2. The Balaban J connectivity index is 2.08. The number of likely N-dealkylation sites (tertiary alicyclic amines) is 1. The third-order valence-electron chi connectivity index (χ3n) is 3.96. The molecule has 0 aliphatic carbocycles. The second-order valence-electron chi connectivity index (χ2n) is 5.57. The summed E-state index contributed by atoms with van der Waals surface area (Å²) in [7, 11) is 3.67. The molecule has 0 radical (unpaired) electrons. The number of amides is 1. The van der Waals surface area contributed by atoms with Crippen LogP contribution in [0.4, 0.5) is 0 Å². The Morgan fingerprint density at radius 1 is 1.58 bits per heavy atom. The van der Waals surface area contributed by atoms with Gasteiger partial charge >= 0.3 is 0 Å². The minimum atomic E-state index is -0.269. The number of nitrogens with zero attached hydrogens (tertiary/aromatic N) is 3. The molecule has 19 heavy (non-hydrogen) atoms. The molecule has 0 saturated carbocycles. The second kappa shape index (κ2) is 5.25. The Bertz CT molecular complexity index is 499. The van der Waals surface area contributed by atoms with Gasteiger partial charge in [0, 0.05) is 27.2 Å². The SMILES string of the molecule is CNC(=O)C1(C)CCN(Cc2c(Br)c(C)nn2C)C1. The second-order valence-corrected chi connectivity index (χ2v) is 6.36. The number of aryl methyl sites for hydroxylation is 2. The summed E-state index contributed by atoms with van der Waals surface area (Å²) < 4.78 is 2.98. The fraction of sp³-hybridized carbons (Fsp3) is 0.692. The van der Waals surface area contributed by atoms with Crippen LogP contribution in [0.25, 0.3) is 0 Å². The molecule has 1 amide bonds. The first kappa shape index (κ1) is 14.5. The Morgan fingerprint density at radius 2 is 2.26 bits per heavy atom. The van der Waals surface area contributed by atoms with Gasteiger partial charge in [-0.15, -0.1) is 0 Å². The molecule has 2 rings (SSSR count). The largest absolute Gasteiger partial charge is 0.359 e. The number of carbonyl (C=O) groups excluding carboxylic acids is 1. The Labute approximate surface area is 122 Å². The van der Waals surface area contributed by atoms with Gasteiger partial charge < -0.3 is 5.32 Å². The third-order valence-corrected chi connectivity index (χ3v) is 4.99. The van der Waals surface area contributed by atoms with Gasteiger partial charge in [-0.05, 0) is 42.7 Å². The van der Waals surface area contributed by atoms with Crippen LogP contribution in [0.3, 0.4) is 0 Å². The molecule has 1 saturated heterocycles. The Morgan fingerprint density at radius 3 is 2.79 bits per heavy atom. The Kier molecular flexibility index (Phi) is 4.01. The minimum absolute atomic E-state index is 0.134. The zero-order valence-corrected chi connectivity index (χ0v) is 13.5. The molecule has 1 aliphatic heterocycles. The molecule has 106 valence electrons. The number of aromatic nitrogens is 2. The first-order valence-corrected chi connectivity index (χ1v) is 7.29. The van der Waals surface area contributed by atoms with Crippen molar-refractivity contribution in [1.82, 2.24) is 20.0 Å². The quantitative estimate of drug-likeness (QED) is 0.913. The van der Waals surface area contributed by atoms with Gasteiger partial charge in [0.25, 0.3) is 0 Å². The van der Waals surface area contributed by atoms with E-state index in [1.54, 1.807) is 7.05 Å². The molecular weight excluding hydrogens is 308 g/mol. The lowest BCUT2D eigenvalue weighted by molar-refractivity contribution is -0.129. The summed E-state index contributed by atoms with van der Waals surface area (Å²) >= 11 is 3.59. The highest BCUT2D eigenvalue weighted by atomic mass is 79.9. The molecule has 0 aromatic carbocycles. The van der Waals surface area contributed by atoms with E-state index >= 15 is 0 Å². The molecule has 1 atom stereocenters. The summed E-state index contributed by atoms with van der Waals surface area (Å²) in [5, 5.41) is 7.17. The first-order chi connectivity index (χ1) is 8.87. The monoisotopic (exact) mass is 328 g/mol. The van der Waals surface area contributed by atoms with Crippen molar-refractivity contribution in [2.75, 3.05) is 20.1 Å². The van der Waals surface area contributed by atoms with Gasteiger partial charge in [0.1, 0.15) is 0 Å². The van der Waals surface area contributed by atoms with Crippen molar-refractivity contribution < 1.29 is 4.79 Å². The fourth-order valence-electron chi connectivity index (χ4n) is 2.74. The Hall–Kier alpha value is -0.880. The van der Waals surface area contributed by atoms with Crippen molar-refractivity contribution >= 4 is 21.8 Å². The lowest BCUT2D eigenvalue weighted by Crippen LogP contribution is -2.39. The van der Waals surface area contributed by atoms with Gasteiger partial charge in [-0.25, -0.2) is 0 Å². The number of carbonyl (C=O) groups is 1. The van der Waals surface area contributed by atoms with Crippen molar-refractivity contribution in [3.63, 3.8) is 0 Å². The van der Waals surface area contributed by atoms with E-state index < -0.39 is 0 Å². The number of rotatable bonds is 3. The maximum Gasteiger partial charge on any atom is 0.227 e. The smallest absolute Gasteiger partial charge is 0.227 e. The van der Waals surface area contributed by atoms with Gasteiger partial charge in [0.15, 0.2) is 0 Å². The minimum Gasteiger partial charge on any atom is -0.359 e. The lowest BCUT2D eigenvalue weighted by atomic mass is 9.89. The van der Waals surface area contributed by atoms with Gasteiger partial charge in [0.2, 0.25) is 5.91 Å². The van der Waals surface area contributed by atoms with Crippen LogP contribution < -0.4 is 5.32 Å². The number of halogens is 1. The van der Waals surface area contributed by atoms with E-state index in [1.165, 1.54) is 5.69 Å². The summed E-state index contributed by atoms with van der Waals surface area (Å²) in [4.78, 5) is 14.2. The molecule has 6 heteroatoms. The fourth-order valence-corrected chi connectivity index (χ4v) is 3.20. The van der Waals surface area contributed by atoms with E-state index in [2.05, 4.69) is 31.2 Å². The third kappa shape index (κ3) is 2.69. The summed E-state index contributed by atoms with van der Waals surface area (Å²) in [6.45, 7) is 6.59. The standard InChI is InChI=1S/C13H21BrN4O/c1-9-11(14)10(17(4)16-9)7-18-6-5-13(2,8-18)12(19)15-3/h5-8H2,1-4H3,(H,15,19). The lowest BCUT2D eigenvalue weighted by Gasteiger charge is -2.22. The van der Waals surface area contributed by atoms with Crippen LogP contribution in [0.1, 0.15) is 24.7 Å². The molecule has 2 heterocycles. The summed E-state index contributed by atoms with van der Waals surface area (Å²) in [6, 6.07) is 0. The average molecular weight is 329 g/mol. The normalized spacial score (nSPS) is 23.8. The molecule has 0 spiro atoms. The molecular formula is C13H21BrN4O. The van der Waals surface area contributed by atoms with Crippen LogP contribution >= 0.6 is 15.9 Å². The average Bonchev–Trinajstić information content (AvgIpc) is 2.86. The number of hydrogen-bond acceptors (Lipinski definition) is 3. The van der Waals surface area contributed by atoms with Crippen molar-refractivity contribution in [2.45, 2.75) is 26.8 Å². The molecule has 1 fully saturated rings. The highest BCUT2D eigenvalue weighted by molar-refractivity contribution is 9.10. The predicted molar refractivity (Wildman–Crippen MR) is 77.7 cm³/mol. The van der Waals surface area contributed by atoms with Crippen molar-refractivity contribution in [3.05, 3.63) is 15.9 Å². The van der Waals surface area contributed by atoms with Gasteiger partial charge in [0.05, 0.1) is 21.3 Å². The van der Waals surface area contributed by atoms with Crippen LogP contribution in [0, 0.1) is 12.3 Å². The van der Waals surface area contributed by atoms with E-state index in [1.807, 2.05) is 25.6 Å².